The van der Waals surface area contributed by atoms with Crippen molar-refractivity contribution in [2.24, 2.45) is 0 Å². The second-order valence-electron chi connectivity index (χ2n) is 6.70. The number of aromatic nitrogens is 2. The fourth-order valence-corrected chi connectivity index (χ4v) is 3.99. The van der Waals surface area contributed by atoms with Gasteiger partial charge in [0.25, 0.3) is 5.56 Å². The van der Waals surface area contributed by atoms with Gasteiger partial charge in [0, 0.05) is 25.2 Å². The molecule has 1 atom stereocenters. The van der Waals surface area contributed by atoms with Gasteiger partial charge in [0.1, 0.15) is 5.82 Å². The summed E-state index contributed by atoms with van der Waals surface area (Å²) in [7, 11) is 1.86. The number of benzene rings is 1. The van der Waals surface area contributed by atoms with Crippen LogP contribution in [0, 0.1) is 5.82 Å². The molecule has 2 aromatic rings. The summed E-state index contributed by atoms with van der Waals surface area (Å²) in [5.74, 6) is 5.02. The first-order valence-electron chi connectivity index (χ1n) is 8.30. The first-order chi connectivity index (χ1) is 11.9. The summed E-state index contributed by atoms with van der Waals surface area (Å²) in [4.78, 5) is 26.7. The first kappa shape index (κ1) is 16.4. The van der Waals surface area contributed by atoms with Crippen molar-refractivity contribution in [1.82, 2.24) is 14.6 Å². The van der Waals surface area contributed by atoms with Gasteiger partial charge >= 0.3 is 5.69 Å². The third-order valence-electron chi connectivity index (χ3n) is 5.10. The van der Waals surface area contributed by atoms with Crippen LogP contribution in [0.15, 0.2) is 15.7 Å². The lowest BCUT2D eigenvalue weighted by Crippen LogP contribution is -2.44. The molecular weight excluding hydrogens is 349 g/mol. The molecule has 134 valence electrons. The Labute approximate surface area is 147 Å². The van der Waals surface area contributed by atoms with E-state index in [4.69, 9.17) is 17.4 Å². The Hall–Kier alpha value is -2.06. The maximum Gasteiger partial charge on any atom is 0.350 e. The van der Waals surface area contributed by atoms with Gasteiger partial charge in [-0.3, -0.25) is 9.36 Å². The summed E-state index contributed by atoms with van der Waals surface area (Å²) in [6.07, 6.45) is 2.48. The van der Waals surface area contributed by atoms with Crippen LogP contribution in [-0.2, 0) is 0 Å². The Morgan fingerprint density at radius 3 is 2.64 bits per heavy atom. The molecule has 1 aromatic heterocycles. The number of halogens is 2. The van der Waals surface area contributed by atoms with Gasteiger partial charge in [-0.05, 0) is 32.4 Å². The second-order valence-corrected chi connectivity index (χ2v) is 7.07. The first-order valence-corrected chi connectivity index (χ1v) is 8.68. The maximum atomic E-state index is 14.8. The SMILES string of the molecule is CN[C@H]1CCN(c2c(F)cc3c(=O)n(N)c(=O)n(C4CC4)c3c2Cl)C1. The Kier molecular flexibility index (Phi) is 3.77. The predicted octanol–water partition coefficient (Wildman–Crippen LogP) is 0.802. The van der Waals surface area contributed by atoms with Gasteiger partial charge in [-0.2, -0.15) is 4.68 Å². The van der Waals surface area contributed by atoms with Gasteiger partial charge < -0.3 is 16.1 Å². The third kappa shape index (κ3) is 2.43. The minimum absolute atomic E-state index is 0.0320. The number of nitrogens with two attached hydrogens (primary N) is 1. The monoisotopic (exact) mass is 367 g/mol. The minimum Gasteiger partial charge on any atom is -0.366 e. The second kappa shape index (κ2) is 5.74. The summed E-state index contributed by atoms with van der Waals surface area (Å²) in [6, 6.07) is 1.34. The van der Waals surface area contributed by atoms with Crippen LogP contribution in [-0.4, -0.2) is 35.4 Å². The molecule has 2 aliphatic rings. The van der Waals surface area contributed by atoms with Gasteiger partial charge in [0.2, 0.25) is 0 Å². The highest BCUT2D eigenvalue weighted by atomic mass is 35.5. The number of nitrogens with zero attached hydrogens (tertiary/aromatic N) is 3. The minimum atomic E-state index is -0.737. The van der Waals surface area contributed by atoms with Crippen molar-refractivity contribution in [2.45, 2.75) is 31.3 Å². The number of fused-ring (bicyclic) bond motifs is 1. The van der Waals surface area contributed by atoms with Crippen molar-refractivity contribution in [3.05, 3.63) is 37.7 Å². The van der Waals surface area contributed by atoms with Crippen molar-refractivity contribution in [1.29, 1.82) is 0 Å². The highest BCUT2D eigenvalue weighted by Gasteiger charge is 2.32. The molecule has 9 heteroatoms. The molecule has 1 aromatic carbocycles. The lowest BCUT2D eigenvalue weighted by atomic mass is 10.2. The molecule has 2 heterocycles. The summed E-state index contributed by atoms with van der Waals surface area (Å²) in [5, 5.41) is 3.31. The van der Waals surface area contributed by atoms with E-state index in [9.17, 15) is 14.0 Å². The molecule has 2 fully saturated rings. The molecule has 0 amide bonds. The Morgan fingerprint density at radius 2 is 2.04 bits per heavy atom. The van der Waals surface area contributed by atoms with Crippen LogP contribution in [0.2, 0.25) is 5.02 Å². The van der Waals surface area contributed by atoms with E-state index in [-0.39, 0.29) is 33.7 Å². The largest absolute Gasteiger partial charge is 0.366 e. The number of nitrogens with one attached hydrogen (secondary N) is 1. The molecule has 0 radical (unpaired) electrons. The highest BCUT2D eigenvalue weighted by Crippen LogP contribution is 2.41. The van der Waals surface area contributed by atoms with E-state index in [0.29, 0.717) is 17.8 Å². The van der Waals surface area contributed by atoms with Gasteiger partial charge in [0.05, 0.1) is 21.6 Å². The zero-order valence-corrected chi connectivity index (χ0v) is 14.5. The van der Waals surface area contributed by atoms with Crippen LogP contribution < -0.4 is 27.3 Å². The zero-order chi connectivity index (χ0) is 17.9. The van der Waals surface area contributed by atoms with Crippen LogP contribution in [0.4, 0.5) is 10.1 Å². The van der Waals surface area contributed by atoms with E-state index in [1.165, 1.54) is 4.57 Å². The van der Waals surface area contributed by atoms with E-state index in [0.717, 1.165) is 25.3 Å². The lowest BCUT2D eigenvalue weighted by molar-refractivity contribution is 0.608. The topological polar surface area (TPSA) is 85.3 Å². The quantitative estimate of drug-likeness (QED) is 0.784. The molecule has 25 heavy (non-hydrogen) atoms. The Balaban J connectivity index is 2.01. The molecule has 1 saturated carbocycles. The van der Waals surface area contributed by atoms with Gasteiger partial charge in [-0.1, -0.05) is 11.6 Å². The average molecular weight is 368 g/mol. The van der Waals surface area contributed by atoms with Crippen LogP contribution in [0.3, 0.4) is 0 Å². The molecule has 0 spiro atoms. The van der Waals surface area contributed by atoms with Crippen molar-refractivity contribution in [3.63, 3.8) is 0 Å². The van der Waals surface area contributed by atoms with Gasteiger partial charge in [-0.15, -0.1) is 0 Å². The summed E-state index contributed by atoms with van der Waals surface area (Å²) in [5.41, 5.74) is -0.826. The highest BCUT2D eigenvalue weighted by molar-refractivity contribution is 6.38. The van der Waals surface area contributed by atoms with Gasteiger partial charge in [0.15, 0.2) is 0 Å². The molecule has 7 nitrogen and oxygen atoms in total. The maximum absolute atomic E-state index is 14.8. The molecule has 3 N–H and O–H groups in total. The van der Waals surface area contributed by atoms with E-state index in [1.54, 1.807) is 0 Å². The zero-order valence-electron chi connectivity index (χ0n) is 13.8. The average Bonchev–Trinajstić information content (AvgIpc) is 3.31. The molecule has 1 saturated heterocycles. The standard InChI is InChI=1S/C16H19ClFN5O2/c1-20-8-4-5-21(7-8)14-11(18)6-10-13(12(14)17)22(9-2-3-9)16(25)23(19)15(10)24/h6,8-9,20H,2-5,7,19H2,1H3/t8-/m0/s1. The van der Waals surface area contributed by atoms with Crippen LogP contribution >= 0.6 is 11.6 Å². The summed E-state index contributed by atoms with van der Waals surface area (Å²) >= 11 is 6.54. The summed E-state index contributed by atoms with van der Waals surface area (Å²) < 4.78 is 16.8. The molecular formula is C16H19ClFN5O2. The van der Waals surface area contributed by atoms with E-state index in [2.05, 4.69) is 5.32 Å². The molecule has 0 bridgehead atoms. The van der Waals surface area contributed by atoms with Crippen molar-refractivity contribution < 1.29 is 4.39 Å². The fraction of sp³-hybridized carbons (Fsp3) is 0.500. The molecule has 0 unspecified atom stereocenters. The van der Waals surface area contributed by atoms with Crippen LogP contribution in [0.25, 0.3) is 10.9 Å². The summed E-state index contributed by atoms with van der Waals surface area (Å²) in [6.45, 7) is 1.26. The fourth-order valence-electron chi connectivity index (χ4n) is 3.59. The van der Waals surface area contributed by atoms with Crippen LogP contribution in [0.1, 0.15) is 25.3 Å². The smallest absolute Gasteiger partial charge is 0.350 e. The molecule has 1 aliphatic carbocycles. The number of rotatable bonds is 3. The predicted molar refractivity (Wildman–Crippen MR) is 95.5 cm³/mol. The molecule has 4 rings (SSSR count). The van der Waals surface area contributed by atoms with Crippen LogP contribution in [0.5, 0.6) is 0 Å². The number of anilines is 1. The van der Waals surface area contributed by atoms with E-state index < -0.39 is 17.1 Å². The third-order valence-corrected chi connectivity index (χ3v) is 5.45. The van der Waals surface area contributed by atoms with Crippen molar-refractivity contribution in [2.75, 3.05) is 30.9 Å². The Morgan fingerprint density at radius 1 is 1.32 bits per heavy atom. The van der Waals surface area contributed by atoms with E-state index >= 15 is 0 Å². The van der Waals surface area contributed by atoms with Crippen molar-refractivity contribution in [3.8, 4) is 0 Å². The number of hydrogen-bond acceptors (Lipinski definition) is 5. The van der Waals surface area contributed by atoms with Crippen molar-refractivity contribution >= 4 is 28.2 Å². The number of likely N-dealkylation sites (N-methyl/N-ethyl adjacent to an activating group) is 1. The van der Waals surface area contributed by atoms with E-state index in [1.807, 2.05) is 11.9 Å². The van der Waals surface area contributed by atoms with Gasteiger partial charge in [-0.25, -0.2) is 9.18 Å². The lowest BCUT2D eigenvalue weighted by Gasteiger charge is -2.23. The normalized spacial score (nSPS) is 20.6. The Bertz CT molecular complexity index is 981. The molecule has 1 aliphatic heterocycles. The number of nitrogen functional groups attached to an aromatic ring is 1. The number of hydrogen-bond donors (Lipinski definition) is 2.